The molecule has 1 aromatic rings. The molecule has 0 radical (unpaired) electrons. The second-order valence-corrected chi connectivity index (χ2v) is 8.64. The second kappa shape index (κ2) is 10.9. The van der Waals surface area contributed by atoms with Crippen molar-refractivity contribution in [3.8, 4) is 0 Å². The van der Waals surface area contributed by atoms with Gasteiger partial charge in [-0.05, 0) is 43.5 Å². The number of benzene rings is 1. The van der Waals surface area contributed by atoms with E-state index in [2.05, 4.69) is 10.0 Å². The quantitative estimate of drug-likeness (QED) is 0.589. The minimum atomic E-state index is -3.62. The van der Waals surface area contributed by atoms with Gasteiger partial charge >= 0.3 is 0 Å². The van der Waals surface area contributed by atoms with E-state index in [0.29, 0.717) is 24.3 Å². The first-order chi connectivity index (χ1) is 12.5. The molecule has 0 unspecified atom stereocenters. The van der Waals surface area contributed by atoms with E-state index in [9.17, 15) is 13.2 Å². The molecule has 0 aromatic heterocycles. The molecule has 0 atom stereocenters. The Balaban J connectivity index is 1.56. The normalized spacial score (nSPS) is 15.7. The first-order valence-electron chi connectivity index (χ1n) is 9.11. The Hall–Kier alpha value is -1.15. The smallest absolute Gasteiger partial charge is 0.240 e. The zero-order valence-electron chi connectivity index (χ0n) is 14.9. The highest BCUT2D eigenvalue weighted by atomic mass is 35.5. The summed E-state index contributed by atoms with van der Waals surface area (Å²) in [7, 11) is -3.62. The van der Waals surface area contributed by atoms with E-state index in [4.69, 9.17) is 16.3 Å². The average Bonchev–Trinajstić information content (AvgIpc) is 2.62. The maximum atomic E-state index is 12.1. The largest absolute Gasteiger partial charge is 0.378 e. The summed E-state index contributed by atoms with van der Waals surface area (Å²) in [6, 6.07) is 5.88. The van der Waals surface area contributed by atoms with Gasteiger partial charge in [0.2, 0.25) is 15.9 Å². The van der Waals surface area contributed by atoms with E-state index < -0.39 is 10.0 Å². The molecule has 0 aliphatic heterocycles. The molecule has 1 aromatic carbocycles. The lowest BCUT2D eigenvalue weighted by Crippen LogP contribution is -2.31. The number of hydrogen-bond acceptors (Lipinski definition) is 4. The Kier molecular flexibility index (Phi) is 8.84. The SMILES string of the molecule is O=C(CCNS(=O)(=O)c1ccc(Cl)cc1)NCCCOC1CCCCC1. The fraction of sp³-hybridized carbons (Fsp3) is 0.611. The van der Waals surface area contributed by atoms with E-state index in [1.807, 2.05) is 0 Å². The first kappa shape index (κ1) is 21.2. The maximum Gasteiger partial charge on any atom is 0.240 e. The summed E-state index contributed by atoms with van der Waals surface area (Å²) in [6.07, 6.45) is 7.30. The Bertz CT molecular complexity index is 658. The highest BCUT2D eigenvalue weighted by Crippen LogP contribution is 2.20. The van der Waals surface area contributed by atoms with Gasteiger partial charge in [-0.1, -0.05) is 30.9 Å². The molecular weight excluding hydrogens is 376 g/mol. The summed E-state index contributed by atoms with van der Waals surface area (Å²) in [5.74, 6) is -0.179. The van der Waals surface area contributed by atoms with Gasteiger partial charge < -0.3 is 10.1 Å². The lowest BCUT2D eigenvalue weighted by atomic mass is 9.98. The summed E-state index contributed by atoms with van der Waals surface area (Å²) in [4.78, 5) is 11.9. The van der Waals surface area contributed by atoms with Crippen LogP contribution in [0, 0.1) is 0 Å². The van der Waals surface area contributed by atoms with Crippen LogP contribution in [0.5, 0.6) is 0 Å². The lowest BCUT2D eigenvalue weighted by molar-refractivity contribution is -0.121. The lowest BCUT2D eigenvalue weighted by Gasteiger charge is -2.21. The van der Waals surface area contributed by atoms with Crippen LogP contribution in [-0.2, 0) is 19.6 Å². The van der Waals surface area contributed by atoms with E-state index in [0.717, 1.165) is 19.3 Å². The zero-order valence-corrected chi connectivity index (χ0v) is 16.4. The first-order valence-corrected chi connectivity index (χ1v) is 11.0. The third-order valence-electron chi connectivity index (χ3n) is 4.32. The molecule has 26 heavy (non-hydrogen) atoms. The van der Waals surface area contributed by atoms with Gasteiger partial charge in [0.1, 0.15) is 0 Å². The molecular formula is C18H27ClN2O4S. The Morgan fingerprint density at radius 1 is 1.12 bits per heavy atom. The van der Waals surface area contributed by atoms with Crippen LogP contribution in [0.15, 0.2) is 29.2 Å². The molecule has 1 fully saturated rings. The number of carbonyl (C=O) groups excluding carboxylic acids is 1. The van der Waals surface area contributed by atoms with Crippen molar-refractivity contribution in [2.45, 2.75) is 55.9 Å². The Morgan fingerprint density at radius 3 is 2.50 bits per heavy atom. The van der Waals surface area contributed by atoms with E-state index in [-0.39, 0.29) is 23.8 Å². The van der Waals surface area contributed by atoms with Crippen molar-refractivity contribution in [3.05, 3.63) is 29.3 Å². The molecule has 1 aliphatic carbocycles. The standard InChI is InChI=1S/C18H27ClN2O4S/c19-15-7-9-17(10-8-15)26(23,24)21-13-11-18(22)20-12-4-14-25-16-5-2-1-3-6-16/h7-10,16,21H,1-6,11-14H2,(H,20,22). The molecule has 1 amide bonds. The van der Waals surface area contributed by atoms with Gasteiger partial charge in [-0.15, -0.1) is 0 Å². The number of ether oxygens (including phenoxy) is 1. The fourth-order valence-corrected chi connectivity index (χ4v) is 4.02. The van der Waals surface area contributed by atoms with Gasteiger partial charge in [-0.2, -0.15) is 0 Å². The van der Waals surface area contributed by atoms with Gasteiger partial charge in [-0.3, -0.25) is 4.79 Å². The number of amides is 1. The monoisotopic (exact) mass is 402 g/mol. The number of nitrogens with one attached hydrogen (secondary N) is 2. The summed E-state index contributed by atoms with van der Waals surface area (Å²) in [6.45, 7) is 1.24. The topological polar surface area (TPSA) is 84.5 Å². The number of sulfonamides is 1. The van der Waals surface area contributed by atoms with Crippen molar-refractivity contribution < 1.29 is 17.9 Å². The van der Waals surface area contributed by atoms with Crippen molar-refractivity contribution in [3.63, 3.8) is 0 Å². The minimum Gasteiger partial charge on any atom is -0.378 e. The molecule has 1 saturated carbocycles. The number of halogens is 1. The minimum absolute atomic E-state index is 0.0510. The van der Waals surface area contributed by atoms with Crippen LogP contribution in [0.3, 0.4) is 0 Å². The van der Waals surface area contributed by atoms with Crippen molar-refractivity contribution in [1.29, 1.82) is 0 Å². The Morgan fingerprint density at radius 2 is 1.81 bits per heavy atom. The van der Waals surface area contributed by atoms with Gasteiger partial charge in [0.15, 0.2) is 0 Å². The van der Waals surface area contributed by atoms with Crippen LogP contribution < -0.4 is 10.0 Å². The van der Waals surface area contributed by atoms with Gasteiger partial charge in [0.05, 0.1) is 11.0 Å². The zero-order chi connectivity index (χ0) is 18.8. The number of carbonyl (C=O) groups is 1. The summed E-state index contributed by atoms with van der Waals surface area (Å²) < 4.78 is 32.4. The predicted octanol–water partition coefficient (Wildman–Crippen LogP) is 2.86. The van der Waals surface area contributed by atoms with E-state index >= 15 is 0 Å². The predicted molar refractivity (Wildman–Crippen MR) is 102 cm³/mol. The molecule has 0 heterocycles. The Labute approximate surface area is 160 Å². The molecule has 2 N–H and O–H groups in total. The molecule has 146 valence electrons. The van der Waals surface area contributed by atoms with Crippen LogP contribution in [0.2, 0.25) is 5.02 Å². The van der Waals surface area contributed by atoms with Crippen LogP contribution in [0.25, 0.3) is 0 Å². The highest BCUT2D eigenvalue weighted by Gasteiger charge is 2.14. The van der Waals surface area contributed by atoms with E-state index in [1.165, 1.54) is 43.5 Å². The molecule has 0 spiro atoms. The highest BCUT2D eigenvalue weighted by molar-refractivity contribution is 7.89. The molecule has 1 aliphatic rings. The van der Waals surface area contributed by atoms with Crippen LogP contribution in [0.4, 0.5) is 0 Å². The molecule has 8 heteroatoms. The van der Waals surface area contributed by atoms with E-state index in [1.54, 1.807) is 0 Å². The van der Waals surface area contributed by atoms with Crippen molar-refractivity contribution in [2.75, 3.05) is 19.7 Å². The number of rotatable bonds is 10. The summed E-state index contributed by atoms with van der Waals surface area (Å²) >= 11 is 5.75. The maximum absolute atomic E-state index is 12.1. The third kappa shape index (κ3) is 7.61. The van der Waals surface area contributed by atoms with Crippen molar-refractivity contribution in [2.24, 2.45) is 0 Å². The summed E-state index contributed by atoms with van der Waals surface area (Å²) in [5, 5.41) is 3.25. The van der Waals surface area contributed by atoms with Crippen LogP contribution >= 0.6 is 11.6 Å². The third-order valence-corrected chi connectivity index (χ3v) is 6.05. The van der Waals surface area contributed by atoms with Crippen molar-refractivity contribution >= 4 is 27.5 Å². The van der Waals surface area contributed by atoms with Gasteiger partial charge in [0, 0.05) is 31.1 Å². The fourth-order valence-electron chi connectivity index (χ4n) is 2.87. The number of hydrogen-bond donors (Lipinski definition) is 2. The molecule has 0 saturated heterocycles. The van der Waals surface area contributed by atoms with Crippen molar-refractivity contribution in [1.82, 2.24) is 10.0 Å². The second-order valence-electron chi connectivity index (χ2n) is 6.44. The molecule has 0 bridgehead atoms. The van der Waals surface area contributed by atoms with Gasteiger partial charge in [0.25, 0.3) is 0 Å². The van der Waals surface area contributed by atoms with Crippen LogP contribution in [0.1, 0.15) is 44.9 Å². The average molecular weight is 403 g/mol. The molecule has 2 rings (SSSR count). The molecule has 6 nitrogen and oxygen atoms in total. The van der Waals surface area contributed by atoms with Crippen LogP contribution in [-0.4, -0.2) is 40.1 Å². The van der Waals surface area contributed by atoms with Gasteiger partial charge in [-0.25, -0.2) is 13.1 Å². The summed E-state index contributed by atoms with van der Waals surface area (Å²) in [5.41, 5.74) is 0.